The molecule has 4 heteroatoms. The zero-order chi connectivity index (χ0) is 17.8. The van der Waals surface area contributed by atoms with Crippen molar-refractivity contribution in [3.63, 3.8) is 0 Å². The maximum absolute atomic E-state index is 12.3. The van der Waals surface area contributed by atoms with Crippen LogP contribution in [-0.2, 0) is 11.3 Å². The molecule has 0 radical (unpaired) electrons. The van der Waals surface area contributed by atoms with Gasteiger partial charge in [0.1, 0.15) is 6.61 Å². The van der Waals surface area contributed by atoms with E-state index in [1.807, 2.05) is 41.4 Å². The summed E-state index contributed by atoms with van der Waals surface area (Å²) in [5.74, 6) is 0.388. The van der Waals surface area contributed by atoms with E-state index in [0.29, 0.717) is 25.6 Å². The van der Waals surface area contributed by atoms with Crippen LogP contribution in [0.3, 0.4) is 0 Å². The maximum atomic E-state index is 12.3. The molecule has 3 aromatic rings. The number of carbonyl (C=O) groups is 1. The molecule has 26 heavy (non-hydrogen) atoms. The Morgan fingerprint density at radius 1 is 1.00 bits per heavy atom. The first-order valence-corrected chi connectivity index (χ1v) is 9.10. The highest BCUT2D eigenvalue weighted by Crippen LogP contribution is 2.31. The van der Waals surface area contributed by atoms with Gasteiger partial charge in [-0.1, -0.05) is 54.6 Å². The maximum Gasteiger partial charge on any atom is 0.410 e. The highest BCUT2D eigenvalue weighted by Gasteiger charge is 2.26. The summed E-state index contributed by atoms with van der Waals surface area (Å²) in [7, 11) is 0. The molecule has 0 bridgehead atoms. The van der Waals surface area contributed by atoms with Gasteiger partial charge >= 0.3 is 6.09 Å². The minimum absolute atomic E-state index is 0.224. The number of fused-ring (bicyclic) bond motifs is 1. The van der Waals surface area contributed by atoms with Crippen LogP contribution in [0.25, 0.3) is 10.8 Å². The van der Waals surface area contributed by atoms with Gasteiger partial charge in [-0.25, -0.2) is 4.79 Å². The van der Waals surface area contributed by atoms with Gasteiger partial charge in [0.05, 0.1) is 5.69 Å². The van der Waals surface area contributed by atoms with E-state index < -0.39 is 0 Å². The Morgan fingerprint density at radius 2 is 1.73 bits per heavy atom. The zero-order valence-electron chi connectivity index (χ0n) is 14.7. The van der Waals surface area contributed by atoms with E-state index in [9.17, 15) is 4.79 Å². The van der Waals surface area contributed by atoms with Gasteiger partial charge in [0, 0.05) is 30.6 Å². The van der Waals surface area contributed by atoms with E-state index >= 15 is 0 Å². The summed E-state index contributed by atoms with van der Waals surface area (Å²) in [6.07, 6.45) is 3.50. The summed E-state index contributed by atoms with van der Waals surface area (Å²) in [6.45, 7) is 1.75. The lowest BCUT2D eigenvalue weighted by molar-refractivity contribution is 0.0869. The molecular formula is C22H22N2O2. The molecule has 0 atom stereocenters. The fourth-order valence-corrected chi connectivity index (χ4v) is 3.61. The van der Waals surface area contributed by atoms with Crippen molar-refractivity contribution in [2.24, 2.45) is 0 Å². The topological polar surface area (TPSA) is 42.4 Å². The standard InChI is InChI=1S/C22H22N2O2/c25-22(26-16-17-6-2-1-3-7-17)24-14-11-19(12-15-24)21-20-9-5-4-8-18(20)10-13-23-21/h1-10,13,19H,11-12,14-16H2. The second kappa shape index (κ2) is 7.56. The number of nitrogens with zero attached hydrogens (tertiary/aromatic N) is 2. The molecule has 1 saturated heterocycles. The Labute approximate surface area is 153 Å². The molecule has 132 valence electrons. The normalized spacial score (nSPS) is 15.2. The summed E-state index contributed by atoms with van der Waals surface area (Å²) in [4.78, 5) is 18.8. The van der Waals surface area contributed by atoms with Gasteiger partial charge in [-0.05, 0) is 29.9 Å². The van der Waals surface area contributed by atoms with E-state index in [2.05, 4.69) is 35.3 Å². The van der Waals surface area contributed by atoms with Crippen molar-refractivity contribution in [1.29, 1.82) is 0 Å². The number of ether oxygens (including phenoxy) is 1. The van der Waals surface area contributed by atoms with E-state index in [4.69, 9.17) is 4.74 Å². The highest BCUT2D eigenvalue weighted by molar-refractivity contribution is 5.84. The van der Waals surface area contributed by atoms with Crippen LogP contribution in [0.1, 0.15) is 30.0 Å². The lowest BCUT2D eigenvalue weighted by Gasteiger charge is -2.31. The molecule has 4 rings (SSSR count). The van der Waals surface area contributed by atoms with Crippen LogP contribution in [0.5, 0.6) is 0 Å². The zero-order valence-corrected chi connectivity index (χ0v) is 14.7. The molecule has 4 nitrogen and oxygen atoms in total. The molecule has 1 aliphatic heterocycles. The number of aromatic nitrogens is 1. The van der Waals surface area contributed by atoms with Crippen molar-refractivity contribution in [3.05, 3.63) is 78.1 Å². The van der Waals surface area contributed by atoms with Crippen LogP contribution in [0, 0.1) is 0 Å². The summed E-state index contributed by atoms with van der Waals surface area (Å²) in [6, 6.07) is 20.2. The van der Waals surface area contributed by atoms with Crippen molar-refractivity contribution >= 4 is 16.9 Å². The van der Waals surface area contributed by atoms with E-state index in [1.165, 1.54) is 10.8 Å². The lowest BCUT2D eigenvalue weighted by Crippen LogP contribution is -2.38. The third-order valence-electron chi connectivity index (χ3n) is 5.05. The van der Waals surface area contributed by atoms with Crippen LogP contribution in [0.15, 0.2) is 66.9 Å². The summed E-state index contributed by atoms with van der Waals surface area (Å²) >= 11 is 0. The summed E-state index contributed by atoms with van der Waals surface area (Å²) < 4.78 is 5.45. The molecular weight excluding hydrogens is 324 g/mol. The van der Waals surface area contributed by atoms with Crippen LogP contribution in [0.4, 0.5) is 4.79 Å². The van der Waals surface area contributed by atoms with Crippen LogP contribution < -0.4 is 0 Å². The van der Waals surface area contributed by atoms with E-state index in [1.54, 1.807) is 0 Å². The predicted molar refractivity (Wildman–Crippen MR) is 102 cm³/mol. The largest absolute Gasteiger partial charge is 0.445 e. The first-order chi connectivity index (χ1) is 12.8. The van der Waals surface area contributed by atoms with Gasteiger partial charge < -0.3 is 9.64 Å². The SMILES string of the molecule is O=C(OCc1ccccc1)N1CCC(c2nccc3ccccc23)CC1. The number of hydrogen-bond acceptors (Lipinski definition) is 3. The van der Waals surface area contributed by atoms with Crippen molar-refractivity contribution in [1.82, 2.24) is 9.88 Å². The molecule has 2 aromatic carbocycles. The van der Waals surface area contributed by atoms with E-state index in [-0.39, 0.29) is 6.09 Å². The Hall–Kier alpha value is -2.88. The summed E-state index contributed by atoms with van der Waals surface area (Å²) in [5, 5.41) is 2.45. The van der Waals surface area contributed by atoms with Crippen molar-refractivity contribution in [3.8, 4) is 0 Å². The fourth-order valence-electron chi connectivity index (χ4n) is 3.61. The minimum atomic E-state index is -0.224. The second-order valence-electron chi connectivity index (χ2n) is 6.72. The highest BCUT2D eigenvalue weighted by atomic mass is 16.6. The predicted octanol–water partition coefficient (Wildman–Crippen LogP) is 4.75. The molecule has 0 N–H and O–H groups in total. The Kier molecular flexibility index (Phi) is 4.82. The minimum Gasteiger partial charge on any atom is -0.445 e. The number of likely N-dealkylation sites (tertiary alicyclic amines) is 1. The number of rotatable bonds is 3. The smallest absolute Gasteiger partial charge is 0.410 e. The molecule has 1 aromatic heterocycles. The average molecular weight is 346 g/mol. The number of benzene rings is 2. The van der Waals surface area contributed by atoms with Gasteiger partial charge in [-0.3, -0.25) is 4.98 Å². The quantitative estimate of drug-likeness (QED) is 0.687. The molecule has 0 spiro atoms. The monoisotopic (exact) mass is 346 g/mol. The molecule has 0 unspecified atom stereocenters. The Bertz CT molecular complexity index is 882. The van der Waals surface area contributed by atoms with Crippen LogP contribution in [-0.4, -0.2) is 29.1 Å². The van der Waals surface area contributed by atoms with Gasteiger partial charge in [0.25, 0.3) is 0 Å². The van der Waals surface area contributed by atoms with Gasteiger partial charge in [-0.2, -0.15) is 0 Å². The van der Waals surface area contributed by atoms with Gasteiger partial charge in [0.2, 0.25) is 0 Å². The number of hydrogen-bond donors (Lipinski definition) is 0. The molecule has 1 amide bonds. The van der Waals surface area contributed by atoms with Crippen LogP contribution in [0.2, 0.25) is 0 Å². The number of carbonyl (C=O) groups excluding carboxylic acids is 1. The van der Waals surface area contributed by atoms with Crippen molar-refractivity contribution in [2.45, 2.75) is 25.4 Å². The second-order valence-corrected chi connectivity index (χ2v) is 6.72. The molecule has 0 aliphatic carbocycles. The molecule has 1 fully saturated rings. The first-order valence-electron chi connectivity index (χ1n) is 9.10. The average Bonchev–Trinajstić information content (AvgIpc) is 2.72. The Balaban J connectivity index is 1.37. The van der Waals surface area contributed by atoms with Crippen molar-refractivity contribution in [2.75, 3.05) is 13.1 Å². The lowest BCUT2D eigenvalue weighted by atomic mass is 9.90. The summed E-state index contributed by atoms with van der Waals surface area (Å²) in [5.41, 5.74) is 2.16. The van der Waals surface area contributed by atoms with Crippen molar-refractivity contribution < 1.29 is 9.53 Å². The molecule has 0 saturated carbocycles. The third kappa shape index (κ3) is 3.54. The number of piperidine rings is 1. The molecule has 2 heterocycles. The van der Waals surface area contributed by atoms with Gasteiger partial charge in [-0.15, -0.1) is 0 Å². The number of amides is 1. The first kappa shape index (κ1) is 16.6. The van der Waals surface area contributed by atoms with Gasteiger partial charge in [0.15, 0.2) is 0 Å². The number of pyridine rings is 1. The third-order valence-corrected chi connectivity index (χ3v) is 5.05. The van der Waals surface area contributed by atoms with Crippen LogP contribution >= 0.6 is 0 Å². The fraction of sp³-hybridized carbons (Fsp3) is 0.273. The Morgan fingerprint density at radius 3 is 2.54 bits per heavy atom. The van der Waals surface area contributed by atoms with E-state index in [0.717, 1.165) is 24.1 Å². The molecule has 1 aliphatic rings.